The molecule has 0 saturated carbocycles. The predicted molar refractivity (Wildman–Crippen MR) is 65.1 cm³/mol. The molecule has 1 aromatic heterocycles. The zero-order valence-electron chi connectivity index (χ0n) is 10.3. The zero-order chi connectivity index (χ0) is 11.8. The minimum absolute atomic E-state index is 0.449. The highest BCUT2D eigenvalue weighted by Gasteiger charge is 2.08. The van der Waals surface area contributed by atoms with Crippen molar-refractivity contribution in [3.8, 4) is 0 Å². The Morgan fingerprint density at radius 1 is 1.12 bits per heavy atom. The molecule has 1 atom stereocenters. The third-order valence-electron chi connectivity index (χ3n) is 2.72. The summed E-state index contributed by atoms with van der Waals surface area (Å²) in [7, 11) is 0. The van der Waals surface area contributed by atoms with Gasteiger partial charge in [0.1, 0.15) is 0 Å². The van der Waals surface area contributed by atoms with Crippen LogP contribution in [-0.2, 0) is 0 Å². The van der Waals surface area contributed by atoms with Crippen LogP contribution >= 0.6 is 0 Å². The van der Waals surface area contributed by atoms with Gasteiger partial charge in [-0.1, -0.05) is 39.0 Å². The Labute approximate surface area is 97.9 Å². The number of unbranched alkanes of at least 4 members (excludes halogenated alkanes) is 4. The molecule has 0 aliphatic carbocycles. The highest BCUT2D eigenvalue weighted by Crippen LogP contribution is 2.17. The van der Waals surface area contributed by atoms with Gasteiger partial charge in [0.25, 0.3) is 0 Å². The molecule has 1 rings (SSSR count). The standard InChI is InChI=1S/C13H22N2O/c1-3-4-5-6-7-8-13(16)12-10-14-11(2)9-15-12/h9-10,13,16H,3-8H2,1-2H3. The average molecular weight is 222 g/mol. The minimum atomic E-state index is -0.449. The Bertz CT molecular complexity index is 284. The van der Waals surface area contributed by atoms with Crippen LogP contribution in [0.15, 0.2) is 12.4 Å². The summed E-state index contributed by atoms with van der Waals surface area (Å²) in [6.07, 6.45) is 9.80. The van der Waals surface area contributed by atoms with Crippen LogP contribution in [0.4, 0.5) is 0 Å². The van der Waals surface area contributed by atoms with Crippen LogP contribution in [0.2, 0.25) is 0 Å². The summed E-state index contributed by atoms with van der Waals surface area (Å²) in [6, 6.07) is 0. The number of aliphatic hydroxyl groups is 1. The van der Waals surface area contributed by atoms with E-state index in [1.165, 1.54) is 25.7 Å². The SMILES string of the molecule is CCCCCCCC(O)c1cnc(C)cn1. The lowest BCUT2D eigenvalue weighted by Gasteiger charge is -2.09. The van der Waals surface area contributed by atoms with Crippen LogP contribution in [0.1, 0.15) is 62.9 Å². The second-order valence-electron chi connectivity index (χ2n) is 4.30. The van der Waals surface area contributed by atoms with Gasteiger partial charge >= 0.3 is 0 Å². The molecular formula is C13H22N2O. The molecule has 0 saturated heterocycles. The summed E-state index contributed by atoms with van der Waals surface area (Å²) in [5.74, 6) is 0. The second kappa shape index (κ2) is 7.34. The smallest absolute Gasteiger partial charge is 0.0975 e. The molecule has 1 unspecified atom stereocenters. The molecule has 16 heavy (non-hydrogen) atoms. The molecular weight excluding hydrogens is 200 g/mol. The zero-order valence-corrected chi connectivity index (χ0v) is 10.3. The van der Waals surface area contributed by atoms with Gasteiger partial charge in [0.05, 0.1) is 23.7 Å². The summed E-state index contributed by atoms with van der Waals surface area (Å²) in [5, 5.41) is 9.87. The number of aryl methyl sites for hydroxylation is 1. The number of aliphatic hydroxyl groups excluding tert-OH is 1. The maximum absolute atomic E-state index is 9.87. The molecule has 90 valence electrons. The van der Waals surface area contributed by atoms with E-state index in [4.69, 9.17) is 0 Å². The van der Waals surface area contributed by atoms with Gasteiger partial charge in [-0.15, -0.1) is 0 Å². The molecule has 3 nitrogen and oxygen atoms in total. The molecule has 0 spiro atoms. The number of hydrogen-bond donors (Lipinski definition) is 1. The molecule has 0 aliphatic heterocycles. The van der Waals surface area contributed by atoms with Crippen LogP contribution in [0.3, 0.4) is 0 Å². The van der Waals surface area contributed by atoms with Gasteiger partial charge in [0, 0.05) is 6.20 Å². The highest BCUT2D eigenvalue weighted by atomic mass is 16.3. The van der Waals surface area contributed by atoms with Gasteiger partial charge in [-0.25, -0.2) is 0 Å². The van der Waals surface area contributed by atoms with Crippen molar-refractivity contribution in [2.45, 2.75) is 58.5 Å². The molecule has 0 aromatic carbocycles. The molecule has 1 heterocycles. The monoisotopic (exact) mass is 222 g/mol. The fourth-order valence-corrected chi connectivity index (χ4v) is 1.66. The highest BCUT2D eigenvalue weighted by molar-refractivity contribution is 5.03. The summed E-state index contributed by atoms with van der Waals surface area (Å²) in [4.78, 5) is 8.32. The van der Waals surface area contributed by atoms with Crippen LogP contribution in [0, 0.1) is 6.92 Å². The number of aromatic nitrogens is 2. The van der Waals surface area contributed by atoms with Gasteiger partial charge in [-0.05, 0) is 13.3 Å². The summed E-state index contributed by atoms with van der Waals surface area (Å²) >= 11 is 0. The molecule has 0 amide bonds. The van der Waals surface area contributed by atoms with Crippen molar-refractivity contribution in [1.82, 2.24) is 9.97 Å². The molecule has 1 aromatic rings. The quantitative estimate of drug-likeness (QED) is 0.721. The first kappa shape index (κ1) is 13.1. The van der Waals surface area contributed by atoms with Crippen molar-refractivity contribution < 1.29 is 5.11 Å². The lowest BCUT2D eigenvalue weighted by Crippen LogP contribution is -2.01. The molecule has 0 bridgehead atoms. The first-order valence-electron chi connectivity index (χ1n) is 6.20. The van der Waals surface area contributed by atoms with Crippen molar-refractivity contribution in [3.63, 3.8) is 0 Å². The van der Waals surface area contributed by atoms with Gasteiger partial charge in [-0.2, -0.15) is 0 Å². The Morgan fingerprint density at radius 3 is 2.50 bits per heavy atom. The number of nitrogens with zero attached hydrogens (tertiary/aromatic N) is 2. The maximum Gasteiger partial charge on any atom is 0.0975 e. The minimum Gasteiger partial charge on any atom is -0.387 e. The summed E-state index contributed by atoms with van der Waals surface area (Å²) in [5.41, 5.74) is 1.58. The van der Waals surface area contributed by atoms with E-state index in [2.05, 4.69) is 16.9 Å². The van der Waals surface area contributed by atoms with E-state index in [0.29, 0.717) is 5.69 Å². The fraction of sp³-hybridized carbons (Fsp3) is 0.692. The van der Waals surface area contributed by atoms with Gasteiger partial charge < -0.3 is 5.11 Å². The number of rotatable bonds is 7. The average Bonchev–Trinajstić information content (AvgIpc) is 2.29. The van der Waals surface area contributed by atoms with E-state index in [1.807, 2.05) is 6.92 Å². The predicted octanol–water partition coefficient (Wildman–Crippen LogP) is 3.18. The third kappa shape index (κ3) is 4.71. The van der Waals surface area contributed by atoms with Crippen LogP contribution in [0.5, 0.6) is 0 Å². The van der Waals surface area contributed by atoms with Crippen molar-refractivity contribution in [1.29, 1.82) is 0 Å². The normalized spacial score (nSPS) is 12.7. The second-order valence-corrected chi connectivity index (χ2v) is 4.30. The van der Waals surface area contributed by atoms with Crippen LogP contribution < -0.4 is 0 Å². The van der Waals surface area contributed by atoms with E-state index in [-0.39, 0.29) is 0 Å². The van der Waals surface area contributed by atoms with Crippen molar-refractivity contribution >= 4 is 0 Å². The van der Waals surface area contributed by atoms with Crippen LogP contribution in [-0.4, -0.2) is 15.1 Å². The summed E-state index contributed by atoms with van der Waals surface area (Å²) in [6.45, 7) is 4.10. The Morgan fingerprint density at radius 2 is 1.88 bits per heavy atom. The largest absolute Gasteiger partial charge is 0.387 e. The van der Waals surface area contributed by atoms with E-state index >= 15 is 0 Å². The van der Waals surface area contributed by atoms with E-state index in [1.54, 1.807) is 12.4 Å². The van der Waals surface area contributed by atoms with E-state index < -0.39 is 6.10 Å². The van der Waals surface area contributed by atoms with Gasteiger partial charge in [0.15, 0.2) is 0 Å². The van der Waals surface area contributed by atoms with E-state index in [0.717, 1.165) is 18.5 Å². The van der Waals surface area contributed by atoms with Crippen LogP contribution in [0.25, 0.3) is 0 Å². The molecule has 0 aliphatic rings. The Kier molecular flexibility index (Phi) is 6.01. The van der Waals surface area contributed by atoms with E-state index in [9.17, 15) is 5.11 Å². The van der Waals surface area contributed by atoms with Gasteiger partial charge in [0.2, 0.25) is 0 Å². The van der Waals surface area contributed by atoms with Crippen molar-refractivity contribution in [2.75, 3.05) is 0 Å². The van der Waals surface area contributed by atoms with Crippen molar-refractivity contribution in [2.24, 2.45) is 0 Å². The molecule has 1 N–H and O–H groups in total. The molecule has 0 fully saturated rings. The lowest BCUT2D eigenvalue weighted by molar-refractivity contribution is 0.158. The Hall–Kier alpha value is -0.960. The molecule has 3 heteroatoms. The van der Waals surface area contributed by atoms with Crippen molar-refractivity contribution in [3.05, 3.63) is 23.8 Å². The third-order valence-corrected chi connectivity index (χ3v) is 2.72. The number of hydrogen-bond acceptors (Lipinski definition) is 3. The first-order chi connectivity index (χ1) is 7.74. The molecule has 0 radical (unpaired) electrons. The summed E-state index contributed by atoms with van der Waals surface area (Å²) < 4.78 is 0. The van der Waals surface area contributed by atoms with Gasteiger partial charge in [-0.3, -0.25) is 9.97 Å². The topological polar surface area (TPSA) is 46.0 Å². The Balaban J connectivity index is 2.24. The fourth-order valence-electron chi connectivity index (χ4n) is 1.66. The maximum atomic E-state index is 9.87. The lowest BCUT2D eigenvalue weighted by atomic mass is 10.1. The first-order valence-corrected chi connectivity index (χ1v) is 6.20.